The number of piperazine rings is 1. The third-order valence-corrected chi connectivity index (χ3v) is 6.23. The molecule has 182 valence electrons. The van der Waals surface area contributed by atoms with Crippen molar-refractivity contribution in [3.63, 3.8) is 0 Å². The number of fused-ring (bicyclic) bond motifs is 4. The van der Waals surface area contributed by atoms with E-state index in [0.717, 1.165) is 24.4 Å². The van der Waals surface area contributed by atoms with Gasteiger partial charge in [0.25, 0.3) is 5.91 Å². The van der Waals surface area contributed by atoms with Gasteiger partial charge in [-0.05, 0) is 53.0 Å². The first kappa shape index (κ1) is 24.0. The van der Waals surface area contributed by atoms with Gasteiger partial charge in [-0.1, -0.05) is 0 Å². The van der Waals surface area contributed by atoms with Crippen molar-refractivity contribution < 1.29 is 27.9 Å². The molecule has 0 radical (unpaired) electrons. The van der Waals surface area contributed by atoms with Crippen LogP contribution in [0.1, 0.15) is 23.3 Å². The van der Waals surface area contributed by atoms with Crippen molar-refractivity contribution in [1.29, 1.82) is 0 Å². The zero-order valence-corrected chi connectivity index (χ0v) is 19.5. The van der Waals surface area contributed by atoms with Gasteiger partial charge < -0.3 is 20.6 Å². The highest BCUT2D eigenvalue weighted by Gasteiger charge is 2.38. The monoisotopic (exact) mass is 543 g/mol. The molecule has 3 aromatic rings. The van der Waals surface area contributed by atoms with Gasteiger partial charge >= 0.3 is 12.1 Å². The molecule has 3 aliphatic rings. The second-order valence-corrected chi connectivity index (χ2v) is 8.75. The Bertz CT molecular complexity index is 1220. The van der Waals surface area contributed by atoms with Crippen molar-refractivity contribution in [3.8, 4) is 0 Å². The molecule has 2 bridgehead atoms. The summed E-state index contributed by atoms with van der Waals surface area (Å²) in [6, 6.07) is 8.79. The Morgan fingerprint density at radius 1 is 1.21 bits per heavy atom. The summed E-state index contributed by atoms with van der Waals surface area (Å²) >= 11 is 3.36. The molecule has 0 aromatic carbocycles. The molecule has 3 aromatic heterocycles. The molecule has 6 rings (SSSR count). The van der Waals surface area contributed by atoms with E-state index in [1.165, 1.54) is 12.8 Å². The van der Waals surface area contributed by atoms with Crippen LogP contribution in [0.2, 0.25) is 0 Å². The normalized spacial score (nSPS) is 19.6. The average Bonchev–Trinajstić information content (AvgIpc) is 3.36. The minimum Gasteiger partial charge on any atom is -0.475 e. The Kier molecular flexibility index (Phi) is 6.53. The molecule has 14 heteroatoms. The second-order valence-electron chi connectivity index (χ2n) is 8.00. The van der Waals surface area contributed by atoms with Crippen molar-refractivity contribution in [2.24, 2.45) is 7.05 Å². The lowest BCUT2D eigenvalue weighted by atomic mass is 9.93. The second kappa shape index (κ2) is 9.25. The van der Waals surface area contributed by atoms with E-state index >= 15 is 0 Å². The Balaban J connectivity index is 0.000000344. The standard InChI is InChI=1S/C18H20BrN7O.C2HF3O2/c1-24-10-14(17(19)23-24)21-18(27)15-6-4-12-5-7-16(22-26(12)15)25-9-11-2-3-13(25)8-20-11;3-2(4,5)1(6)7/h4-7,10-11,13,20H,2-3,8-9H2,1H3,(H,21,27);(H,6,7)/t11-,13-;/m0./s1. The predicted molar refractivity (Wildman–Crippen MR) is 120 cm³/mol. The molecule has 6 heterocycles. The number of carboxylic acids is 1. The number of aryl methyl sites for hydroxylation is 1. The fraction of sp³-hybridized carbons (Fsp3) is 0.400. The molecule has 3 fully saturated rings. The van der Waals surface area contributed by atoms with Crippen LogP contribution in [0.5, 0.6) is 0 Å². The number of hydrogen-bond donors (Lipinski definition) is 3. The van der Waals surface area contributed by atoms with Crippen molar-refractivity contribution in [1.82, 2.24) is 24.7 Å². The molecule has 0 unspecified atom stereocenters. The number of piperidine rings is 2. The van der Waals surface area contributed by atoms with Gasteiger partial charge in [0.15, 0.2) is 4.60 Å². The third kappa shape index (κ3) is 5.01. The number of nitrogens with zero attached hydrogens (tertiary/aromatic N) is 5. The summed E-state index contributed by atoms with van der Waals surface area (Å²) in [7, 11) is 1.81. The molecule has 0 aliphatic carbocycles. The zero-order valence-electron chi connectivity index (χ0n) is 17.9. The lowest BCUT2D eigenvalue weighted by Crippen LogP contribution is -2.61. The number of carbonyl (C=O) groups excluding carboxylic acids is 1. The third-order valence-electron chi connectivity index (χ3n) is 5.64. The maximum atomic E-state index is 12.8. The quantitative estimate of drug-likeness (QED) is 0.465. The van der Waals surface area contributed by atoms with E-state index in [1.807, 2.05) is 19.2 Å². The summed E-state index contributed by atoms with van der Waals surface area (Å²) in [5, 5.41) is 22.6. The summed E-state index contributed by atoms with van der Waals surface area (Å²) in [4.78, 5) is 24.1. The SMILES string of the molecule is Cn1cc(NC(=O)c2ccc3ccc(N4C[C@@H]5CC[C@H]4CN5)nn23)c(Br)n1.O=C(O)C(F)(F)F. The Morgan fingerprint density at radius 2 is 1.91 bits per heavy atom. The lowest BCUT2D eigenvalue weighted by molar-refractivity contribution is -0.192. The van der Waals surface area contributed by atoms with Crippen LogP contribution >= 0.6 is 15.9 Å². The van der Waals surface area contributed by atoms with Crippen molar-refractivity contribution in [2.45, 2.75) is 31.1 Å². The van der Waals surface area contributed by atoms with Gasteiger partial charge in [0.05, 0.1) is 11.2 Å². The van der Waals surface area contributed by atoms with Crippen molar-refractivity contribution in [2.75, 3.05) is 23.3 Å². The van der Waals surface area contributed by atoms with E-state index in [9.17, 15) is 18.0 Å². The molecule has 3 aliphatic heterocycles. The molecule has 3 saturated heterocycles. The summed E-state index contributed by atoms with van der Waals surface area (Å²) in [6.45, 7) is 1.97. The number of amides is 1. The molecule has 3 N–H and O–H groups in total. The number of rotatable bonds is 3. The molecular formula is C20H21BrF3N7O3. The number of alkyl halides is 3. The number of carbonyl (C=O) groups is 2. The van der Waals surface area contributed by atoms with Crippen LogP contribution in [0.15, 0.2) is 35.1 Å². The number of nitrogens with one attached hydrogen (secondary N) is 2. The largest absolute Gasteiger partial charge is 0.490 e. The predicted octanol–water partition coefficient (Wildman–Crippen LogP) is 2.66. The fourth-order valence-electron chi connectivity index (χ4n) is 4.02. The van der Waals surface area contributed by atoms with Gasteiger partial charge in [0.1, 0.15) is 11.5 Å². The van der Waals surface area contributed by atoms with Gasteiger partial charge in [-0.15, -0.1) is 5.10 Å². The average molecular weight is 544 g/mol. The molecule has 0 spiro atoms. The highest BCUT2D eigenvalue weighted by atomic mass is 79.9. The molecule has 2 atom stereocenters. The lowest BCUT2D eigenvalue weighted by Gasteiger charge is -2.46. The smallest absolute Gasteiger partial charge is 0.475 e. The number of anilines is 2. The maximum Gasteiger partial charge on any atom is 0.490 e. The summed E-state index contributed by atoms with van der Waals surface area (Å²) in [5.74, 6) is -2.05. The van der Waals surface area contributed by atoms with E-state index in [0.29, 0.717) is 28.1 Å². The first-order valence-electron chi connectivity index (χ1n) is 10.3. The number of halogens is 4. The summed E-state index contributed by atoms with van der Waals surface area (Å²) in [6.07, 6.45) is -0.917. The topological polar surface area (TPSA) is 117 Å². The van der Waals surface area contributed by atoms with Crippen molar-refractivity contribution in [3.05, 3.63) is 40.8 Å². The minimum atomic E-state index is -5.08. The molecule has 0 saturated carbocycles. The fourth-order valence-corrected chi connectivity index (χ4v) is 4.48. The van der Waals surface area contributed by atoms with Crippen LogP contribution < -0.4 is 15.5 Å². The zero-order chi connectivity index (χ0) is 24.6. The number of aromatic nitrogens is 4. The molecule has 10 nitrogen and oxygen atoms in total. The first-order valence-corrected chi connectivity index (χ1v) is 11.1. The van der Waals surface area contributed by atoms with Gasteiger partial charge in [0.2, 0.25) is 0 Å². The summed E-state index contributed by atoms with van der Waals surface area (Å²) < 4.78 is 35.7. The van der Waals surface area contributed by atoms with E-state index in [1.54, 1.807) is 21.5 Å². The van der Waals surface area contributed by atoms with Gasteiger partial charge in [-0.3, -0.25) is 9.48 Å². The van der Waals surface area contributed by atoms with E-state index in [-0.39, 0.29) is 5.91 Å². The number of hydrogen-bond acceptors (Lipinski definition) is 6. The van der Waals surface area contributed by atoms with Crippen molar-refractivity contribution >= 4 is 44.8 Å². The van der Waals surface area contributed by atoms with Gasteiger partial charge in [-0.25, -0.2) is 9.31 Å². The van der Waals surface area contributed by atoms with Crippen LogP contribution in [-0.4, -0.2) is 67.7 Å². The highest BCUT2D eigenvalue weighted by molar-refractivity contribution is 9.10. The Labute approximate surface area is 199 Å². The van der Waals surface area contributed by atoms with Gasteiger partial charge in [0, 0.05) is 38.4 Å². The van der Waals surface area contributed by atoms with Gasteiger partial charge in [-0.2, -0.15) is 18.3 Å². The Morgan fingerprint density at radius 3 is 2.44 bits per heavy atom. The first-order chi connectivity index (χ1) is 16.0. The van der Waals surface area contributed by atoms with Crippen LogP contribution in [0.4, 0.5) is 24.7 Å². The van der Waals surface area contributed by atoms with Crippen LogP contribution in [0.3, 0.4) is 0 Å². The molecule has 1 amide bonds. The number of carboxylic acid groups (broad SMARTS) is 1. The maximum absolute atomic E-state index is 12.8. The van der Waals surface area contributed by atoms with E-state index < -0.39 is 12.1 Å². The number of aliphatic carboxylic acids is 1. The van der Waals surface area contributed by atoms with Crippen LogP contribution in [-0.2, 0) is 11.8 Å². The minimum absolute atomic E-state index is 0.213. The van der Waals surface area contributed by atoms with Crippen LogP contribution in [0.25, 0.3) is 5.52 Å². The molecule has 34 heavy (non-hydrogen) atoms. The molecular weight excluding hydrogens is 523 g/mol. The highest BCUT2D eigenvalue weighted by Crippen LogP contribution is 2.27. The van der Waals surface area contributed by atoms with Crippen LogP contribution in [0, 0.1) is 0 Å². The Hall–Kier alpha value is -3.13. The summed E-state index contributed by atoms with van der Waals surface area (Å²) in [5.41, 5.74) is 2.03. The van der Waals surface area contributed by atoms with E-state index in [4.69, 9.17) is 15.0 Å². The van der Waals surface area contributed by atoms with E-state index in [2.05, 4.69) is 42.6 Å².